The SMILES string of the molecule is CNC1CCN(c2cc(-c3ccc4ncc5nnc(CN6CCOCC6)n5c4n3)ccn2)CC1. The molecule has 0 aliphatic carbocycles. The van der Waals surface area contributed by atoms with E-state index in [4.69, 9.17) is 9.72 Å². The fourth-order valence-electron chi connectivity index (χ4n) is 4.85. The minimum atomic E-state index is 0.590. The number of nitrogens with one attached hydrogen (secondary N) is 1. The molecular formula is C24H29N9O. The summed E-state index contributed by atoms with van der Waals surface area (Å²) in [5.41, 5.74) is 4.24. The fraction of sp³-hybridized carbons (Fsp3) is 0.458. The van der Waals surface area contributed by atoms with E-state index in [0.717, 1.165) is 86.3 Å². The van der Waals surface area contributed by atoms with E-state index >= 15 is 0 Å². The third kappa shape index (κ3) is 4.08. The van der Waals surface area contributed by atoms with Crippen LogP contribution in [0.2, 0.25) is 0 Å². The Labute approximate surface area is 198 Å². The Kier molecular flexibility index (Phi) is 5.78. The predicted molar refractivity (Wildman–Crippen MR) is 130 cm³/mol. The third-order valence-corrected chi connectivity index (χ3v) is 6.88. The first-order chi connectivity index (χ1) is 16.8. The highest BCUT2D eigenvalue weighted by Crippen LogP contribution is 2.26. The number of anilines is 1. The number of pyridine rings is 2. The second-order valence-electron chi connectivity index (χ2n) is 8.95. The molecule has 2 aliphatic rings. The van der Waals surface area contributed by atoms with E-state index in [1.54, 1.807) is 6.20 Å². The Morgan fingerprint density at radius 1 is 1.03 bits per heavy atom. The van der Waals surface area contributed by atoms with Gasteiger partial charge in [-0.05, 0) is 44.2 Å². The molecule has 6 rings (SSSR count). The topological polar surface area (TPSA) is 96.6 Å². The molecule has 2 fully saturated rings. The molecular weight excluding hydrogens is 430 g/mol. The summed E-state index contributed by atoms with van der Waals surface area (Å²) in [7, 11) is 2.04. The highest BCUT2D eigenvalue weighted by molar-refractivity contribution is 5.77. The van der Waals surface area contributed by atoms with Gasteiger partial charge in [0, 0.05) is 44.0 Å². The molecule has 0 spiro atoms. The van der Waals surface area contributed by atoms with Crippen LogP contribution < -0.4 is 10.2 Å². The van der Waals surface area contributed by atoms with Crippen molar-refractivity contribution in [2.75, 3.05) is 51.3 Å². The Morgan fingerprint density at radius 3 is 2.71 bits per heavy atom. The van der Waals surface area contributed by atoms with Crippen LogP contribution in [-0.2, 0) is 11.3 Å². The number of piperidine rings is 1. The first-order valence-corrected chi connectivity index (χ1v) is 12.0. The van der Waals surface area contributed by atoms with Gasteiger partial charge in [-0.25, -0.2) is 15.0 Å². The quantitative estimate of drug-likeness (QED) is 0.479. The summed E-state index contributed by atoms with van der Waals surface area (Å²) < 4.78 is 7.52. The summed E-state index contributed by atoms with van der Waals surface area (Å²) in [6, 6.07) is 8.80. The molecule has 6 heterocycles. The van der Waals surface area contributed by atoms with E-state index in [-0.39, 0.29) is 0 Å². The molecule has 2 saturated heterocycles. The molecule has 0 bridgehead atoms. The van der Waals surface area contributed by atoms with Crippen molar-refractivity contribution in [3.63, 3.8) is 0 Å². The molecule has 4 aromatic rings. The lowest BCUT2D eigenvalue weighted by atomic mass is 10.1. The smallest absolute Gasteiger partial charge is 0.181 e. The lowest BCUT2D eigenvalue weighted by molar-refractivity contribution is 0.0329. The number of hydrogen-bond acceptors (Lipinski definition) is 9. The molecule has 0 atom stereocenters. The highest BCUT2D eigenvalue weighted by atomic mass is 16.5. The van der Waals surface area contributed by atoms with Crippen molar-refractivity contribution in [2.45, 2.75) is 25.4 Å². The van der Waals surface area contributed by atoms with Gasteiger partial charge in [0.15, 0.2) is 17.1 Å². The fourth-order valence-corrected chi connectivity index (χ4v) is 4.85. The summed E-state index contributed by atoms with van der Waals surface area (Å²) in [5.74, 6) is 1.87. The van der Waals surface area contributed by atoms with Gasteiger partial charge in [-0.15, -0.1) is 10.2 Å². The Bertz CT molecular complexity index is 1290. The zero-order valence-electron chi connectivity index (χ0n) is 19.4. The normalized spacial score (nSPS) is 18.2. The second kappa shape index (κ2) is 9.21. The van der Waals surface area contributed by atoms with Crippen molar-refractivity contribution in [3.05, 3.63) is 42.5 Å². The molecule has 0 saturated carbocycles. The van der Waals surface area contributed by atoms with Crippen LogP contribution in [0.3, 0.4) is 0 Å². The Balaban J connectivity index is 1.34. The largest absolute Gasteiger partial charge is 0.379 e. The summed E-state index contributed by atoms with van der Waals surface area (Å²) in [6.45, 7) is 5.99. The summed E-state index contributed by atoms with van der Waals surface area (Å²) in [4.78, 5) is 18.9. The van der Waals surface area contributed by atoms with Crippen LogP contribution in [0.25, 0.3) is 28.1 Å². The zero-order chi connectivity index (χ0) is 22.9. The van der Waals surface area contributed by atoms with Crippen molar-refractivity contribution < 1.29 is 4.74 Å². The van der Waals surface area contributed by atoms with Crippen LogP contribution in [0, 0.1) is 0 Å². The van der Waals surface area contributed by atoms with Gasteiger partial charge in [0.25, 0.3) is 0 Å². The zero-order valence-corrected chi connectivity index (χ0v) is 19.4. The van der Waals surface area contributed by atoms with Gasteiger partial charge in [-0.2, -0.15) is 0 Å². The van der Waals surface area contributed by atoms with E-state index in [1.165, 1.54) is 0 Å². The van der Waals surface area contributed by atoms with Gasteiger partial charge in [-0.3, -0.25) is 9.30 Å². The van der Waals surface area contributed by atoms with Crippen LogP contribution in [0.5, 0.6) is 0 Å². The van der Waals surface area contributed by atoms with Crippen LogP contribution >= 0.6 is 0 Å². The van der Waals surface area contributed by atoms with Crippen LogP contribution in [0.1, 0.15) is 18.7 Å². The Hall–Kier alpha value is -3.21. The molecule has 34 heavy (non-hydrogen) atoms. The van der Waals surface area contributed by atoms with E-state index in [2.05, 4.69) is 41.3 Å². The van der Waals surface area contributed by atoms with Gasteiger partial charge in [-0.1, -0.05) is 0 Å². The van der Waals surface area contributed by atoms with Crippen molar-refractivity contribution in [1.82, 2.24) is 39.8 Å². The maximum Gasteiger partial charge on any atom is 0.181 e. The van der Waals surface area contributed by atoms with Gasteiger partial charge in [0.1, 0.15) is 11.3 Å². The van der Waals surface area contributed by atoms with E-state index in [9.17, 15) is 0 Å². The minimum Gasteiger partial charge on any atom is -0.379 e. The molecule has 4 aromatic heterocycles. The van der Waals surface area contributed by atoms with Crippen molar-refractivity contribution in [2.24, 2.45) is 0 Å². The minimum absolute atomic E-state index is 0.590. The second-order valence-corrected chi connectivity index (χ2v) is 8.95. The average molecular weight is 460 g/mol. The van der Waals surface area contributed by atoms with Gasteiger partial charge in [0.05, 0.1) is 31.6 Å². The number of rotatable bonds is 5. The number of morpholine rings is 1. The lowest BCUT2D eigenvalue weighted by Crippen LogP contribution is -2.41. The number of fused-ring (bicyclic) bond motifs is 3. The van der Waals surface area contributed by atoms with E-state index in [1.807, 2.05) is 35.8 Å². The molecule has 2 aliphatic heterocycles. The number of nitrogens with zero attached hydrogens (tertiary/aromatic N) is 8. The lowest BCUT2D eigenvalue weighted by Gasteiger charge is -2.32. The molecule has 0 unspecified atom stereocenters. The predicted octanol–water partition coefficient (Wildman–Crippen LogP) is 1.75. The highest BCUT2D eigenvalue weighted by Gasteiger charge is 2.20. The number of ether oxygens (including phenoxy) is 1. The monoisotopic (exact) mass is 459 g/mol. The van der Waals surface area contributed by atoms with Gasteiger partial charge in [0.2, 0.25) is 0 Å². The van der Waals surface area contributed by atoms with Crippen molar-refractivity contribution in [3.8, 4) is 11.3 Å². The van der Waals surface area contributed by atoms with Gasteiger partial charge < -0.3 is 15.0 Å². The maximum atomic E-state index is 5.49. The molecule has 10 heteroatoms. The van der Waals surface area contributed by atoms with E-state index in [0.29, 0.717) is 18.2 Å². The van der Waals surface area contributed by atoms with Crippen molar-refractivity contribution in [1.29, 1.82) is 0 Å². The van der Waals surface area contributed by atoms with Crippen LogP contribution in [0.15, 0.2) is 36.7 Å². The maximum absolute atomic E-state index is 5.49. The molecule has 0 amide bonds. The standard InChI is InChI=1S/C24H29N9O/c1-25-18-5-8-32(9-6-18)21-14-17(4-7-26-21)19-2-3-20-24(28-19)33-22(15-27-20)29-30-23(33)16-31-10-12-34-13-11-31/h2-4,7,14-15,18,25H,5-6,8-13,16H2,1H3. The van der Waals surface area contributed by atoms with Crippen LogP contribution in [-0.4, -0.2) is 86.9 Å². The van der Waals surface area contributed by atoms with Gasteiger partial charge >= 0.3 is 0 Å². The summed E-state index contributed by atoms with van der Waals surface area (Å²) in [5, 5.41) is 12.2. The summed E-state index contributed by atoms with van der Waals surface area (Å²) in [6.07, 6.45) is 5.89. The third-order valence-electron chi connectivity index (χ3n) is 6.88. The number of aromatic nitrogens is 6. The van der Waals surface area contributed by atoms with E-state index < -0.39 is 0 Å². The Morgan fingerprint density at radius 2 is 1.88 bits per heavy atom. The summed E-state index contributed by atoms with van der Waals surface area (Å²) >= 11 is 0. The molecule has 0 radical (unpaired) electrons. The van der Waals surface area contributed by atoms with Crippen molar-refractivity contribution >= 4 is 22.6 Å². The first-order valence-electron chi connectivity index (χ1n) is 12.0. The average Bonchev–Trinajstić information content (AvgIpc) is 3.32. The molecule has 176 valence electrons. The molecule has 10 nitrogen and oxygen atoms in total. The molecule has 0 aromatic carbocycles. The number of hydrogen-bond donors (Lipinski definition) is 1. The first kappa shape index (κ1) is 21.3. The molecule has 1 N–H and O–H groups in total. The van der Waals surface area contributed by atoms with Crippen LogP contribution in [0.4, 0.5) is 5.82 Å².